The van der Waals surface area contributed by atoms with Crippen LogP contribution in [0.4, 0.5) is 4.39 Å². The maximum Gasteiger partial charge on any atom is 0.243 e. The Morgan fingerprint density at radius 1 is 1.10 bits per heavy atom. The number of nitrogens with zero attached hydrogens (tertiary/aromatic N) is 1. The molecule has 0 spiro atoms. The van der Waals surface area contributed by atoms with Gasteiger partial charge in [-0.3, -0.25) is 9.59 Å². The Morgan fingerprint density at radius 3 is 2.28 bits per heavy atom. The Morgan fingerprint density at radius 2 is 1.72 bits per heavy atom. The third-order valence-electron chi connectivity index (χ3n) is 4.26. The molecule has 2 rings (SSSR count). The van der Waals surface area contributed by atoms with E-state index in [-0.39, 0.29) is 36.0 Å². The van der Waals surface area contributed by atoms with Gasteiger partial charge in [-0.25, -0.2) is 4.39 Å². The number of carbonyl (C=O) groups is 2. The van der Waals surface area contributed by atoms with E-state index in [2.05, 4.69) is 5.32 Å². The monoisotopic (exact) mass is 436 g/mol. The highest BCUT2D eigenvalue weighted by atomic mass is 35.5. The summed E-state index contributed by atoms with van der Waals surface area (Å²) in [5, 5.41) is 3.52. The summed E-state index contributed by atoms with van der Waals surface area (Å²) in [6.45, 7) is 5.88. The molecule has 0 fully saturated rings. The van der Waals surface area contributed by atoms with Crippen LogP contribution in [0.5, 0.6) is 0 Å². The maximum atomic E-state index is 13.3. The first-order valence-electron chi connectivity index (χ1n) is 9.52. The normalized spacial score (nSPS) is 11.9. The van der Waals surface area contributed by atoms with E-state index in [9.17, 15) is 14.0 Å². The summed E-state index contributed by atoms with van der Waals surface area (Å²) in [6.07, 6.45) is 0.483. The van der Waals surface area contributed by atoms with Gasteiger partial charge in [0.05, 0.1) is 5.75 Å². The zero-order valence-corrected chi connectivity index (χ0v) is 18.4. The highest BCUT2D eigenvalue weighted by Crippen LogP contribution is 2.22. The molecule has 7 heteroatoms. The molecule has 4 nitrogen and oxygen atoms in total. The van der Waals surface area contributed by atoms with E-state index in [1.807, 2.05) is 32.9 Å². The number of halogens is 2. The average Bonchev–Trinajstić information content (AvgIpc) is 2.68. The van der Waals surface area contributed by atoms with E-state index in [4.69, 9.17) is 11.6 Å². The average molecular weight is 437 g/mol. The Balaban J connectivity index is 2.18. The van der Waals surface area contributed by atoms with Crippen molar-refractivity contribution in [2.45, 2.75) is 50.7 Å². The second kappa shape index (κ2) is 11.2. The maximum absolute atomic E-state index is 13.3. The summed E-state index contributed by atoms with van der Waals surface area (Å²) < 4.78 is 13.3. The first kappa shape index (κ1) is 23.2. The van der Waals surface area contributed by atoms with Gasteiger partial charge in [-0.1, -0.05) is 30.7 Å². The lowest BCUT2D eigenvalue weighted by molar-refractivity contribution is -0.139. The smallest absolute Gasteiger partial charge is 0.243 e. The van der Waals surface area contributed by atoms with Crippen molar-refractivity contribution in [2.24, 2.45) is 0 Å². The molecule has 156 valence electrons. The number of hydrogen-bond donors (Lipinski definition) is 1. The molecule has 0 saturated carbocycles. The van der Waals surface area contributed by atoms with Crippen LogP contribution in [0.3, 0.4) is 0 Å². The van der Waals surface area contributed by atoms with Crippen LogP contribution in [0.25, 0.3) is 0 Å². The van der Waals surface area contributed by atoms with Gasteiger partial charge in [0.1, 0.15) is 11.9 Å². The number of amides is 2. The van der Waals surface area contributed by atoms with Crippen molar-refractivity contribution in [3.63, 3.8) is 0 Å². The molecule has 2 amide bonds. The molecule has 1 atom stereocenters. The molecule has 0 aliphatic heterocycles. The van der Waals surface area contributed by atoms with Crippen molar-refractivity contribution >= 4 is 35.2 Å². The van der Waals surface area contributed by atoms with E-state index in [1.165, 1.54) is 23.9 Å². The molecule has 1 N–H and O–H groups in total. The Bertz CT molecular complexity index is 813. The first-order chi connectivity index (χ1) is 13.8. The number of carbonyl (C=O) groups excluding carboxylic acids is 2. The van der Waals surface area contributed by atoms with E-state index in [0.717, 1.165) is 10.5 Å². The third kappa shape index (κ3) is 7.37. The van der Waals surface area contributed by atoms with Gasteiger partial charge in [0.2, 0.25) is 11.8 Å². The van der Waals surface area contributed by atoms with Crippen LogP contribution in [0.15, 0.2) is 53.4 Å². The van der Waals surface area contributed by atoms with Crippen molar-refractivity contribution < 1.29 is 14.0 Å². The van der Waals surface area contributed by atoms with Crippen molar-refractivity contribution in [2.75, 3.05) is 5.75 Å². The molecule has 2 aromatic carbocycles. The molecule has 2 aromatic rings. The molecule has 0 radical (unpaired) electrons. The number of hydrogen-bond acceptors (Lipinski definition) is 3. The van der Waals surface area contributed by atoms with Crippen LogP contribution in [0, 0.1) is 5.82 Å². The molecule has 29 heavy (non-hydrogen) atoms. The van der Waals surface area contributed by atoms with Gasteiger partial charge in [-0.15, -0.1) is 11.8 Å². The molecule has 0 aliphatic carbocycles. The fourth-order valence-electron chi connectivity index (χ4n) is 2.85. The number of rotatable bonds is 9. The van der Waals surface area contributed by atoms with E-state index in [1.54, 1.807) is 29.2 Å². The summed E-state index contributed by atoms with van der Waals surface area (Å²) >= 11 is 7.30. The molecule has 0 bridgehead atoms. The van der Waals surface area contributed by atoms with Gasteiger partial charge >= 0.3 is 0 Å². The summed E-state index contributed by atoms with van der Waals surface area (Å²) in [5.74, 6) is -0.488. The quantitative estimate of drug-likeness (QED) is 0.568. The van der Waals surface area contributed by atoms with Crippen molar-refractivity contribution in [3.8, 4) is 0 Å². The fraction of sp³-hybridized carbons (Fsp3) is 0.364. The zero-order chi connectivity index (χ0) is 21.4. The van der Waals surface area contributed by atoms with Gasteiger partial charge in [0, 0.05) is 22.5 Å². The van der Waals surface area contributed by atoms with Crippen LogP contribution in [-0.2, 0) is 16.1 Å². The Kier molecular flexibility index (Phi) is 8.99. The number of nitrogens with one attached hydrogen (secondary N) is 1. The van der Waals surface area contributed by atoms with E-state index < -0.39 is 6.04 Å². The highest BCUT2D eigenvalue weighted by molar-refractivity contribution is 8.00. The standard InChI is InChI=1S/C22H26ClFN2O2S/c1-4-20(22(28)25-15(2)3)26(13-16-5-9-18(24)10-6-16)21(27)14-29-19-11-7-17(23)8-12-19/h5-12,15,20H,4,13-14H2,1-3H3,(H,25,28). The summed E-state index contributed by atoms with van der Waals surface area (Å²) in [7, 11) is 0. The van der Waals surface area contributed by atoms with Crippen molar-refractivity contribution in [1.82, 2.24) is 10.2 Å². The van der Waals surface area contributed by atoms with Crippen LogP contribution in [0.1, 0.15) is 32.8 Å². The minimum absolute atomic E-state index is 0.0252. The second-order valence-electron chi connectivity index (χ2n) is 6.98. The summed E-state index contributed by atoms with van der Waals surface area (Å²) in [6, 6.07) is 12.6. The lowest BCUT2D eigenvalue weighted by atomic mass is 10.1. The summed E-state index contributed by atoms with van der Waals surface area (Å²) in [5.41, 5.74) is 0.770. The lowest BCUT2D eigenvalue weighted by Crippen LogP contribution is -2.50. The first-order valence-corrected chi connectivity index (χ1v) is 10.9. The fourth-order valence-corrected chi connectivity index (χ4v) is 3.76. The highest BCUT2D eigenvalue weighted by Gasteiger charge is 2.28. The molecule has 0 saturated heterocycles. The Labute approximate surface area is 180 Å². The molecule has 1 unspecified atom stereocenters. The minimum Gasteiger partial charge on any atom is -0.352 e. The minimum atomic E-state index is -0.597. The van der Waals surface area contributed by atoms with Crippen LogP contribution in [0.2, 0.25) is 5.02 Å². The topological polar surface area (TPSA) is 49.4 Å². The van der Waals surface area contributed by atoms with Gasteiger partial charge in [0.15, 0.2) is 0 Å². The Hall–Kier alpha value is -2.05. The second-order valence-corrected chi connectivity index (χ2v) is 8.46. The molecule has 0 heterocycles. The van der Waals surface area contributed by atoms with Crippen molar-refractivity contribution in [1.29, 1.82) is 0 Å². The van der Waals surface area contributed by atoms with E-state index in [0.29, 0.717) is 11.4 Å². The van der Waals surface area contributed by atoms with Crippen LogP contribution in [-0.4, -0.2) is 34.6 Å². The largest absolute Gasteiger partial charge is 0.352 e. The number of thioether (sulfide) groups is 1. The third-order valence-corrected chi connectivity index (χ3v) is 5.51. The summed E-state index contributed by atoms with van der Waals surface area (Å²) in [4.78, 5) is 28.3. The van der Waals surface area contributed by atoms with Crippen LogP contribution >= 0.6 is 23.4 Å². The number of benzene rings is 2. The van der Waals surface area contributed by atoms with Gasteiger partial charge in [-0.05, 0) is 62.2 Å². The van der Waals surface area contributed by atoms with Gasteiger partial charge < -0.3 is 10.2 Å². The van der Waals surface area contributed by atoms with Gasteiger partial charge in [-0.2, -0.15) is 0 Å². The van der Waals surface area contributed by atoms with Gasteiger partial charge in [0.25, 0.3) is 0 Å². The predicted octanol–water partition coefficient (Wildman–Crippen LogP) is 4.90. The molecule has 0 aliphatic rings. The zero-order valence-electron chi connectivity index (χ0n) is 16.8. The lowest BCUT2D eigenvalue weighted by Gasteiger charge is -2.31. The predicted molar refractivity (Wildman–Crippen MR) is 116 cm³/mol. The molecular weight excluding hydrogens is 411 g/mol. The molecular formula is C22H26ClFN2O2S. The van der Waals surface area contributed by atoms with E-state index >= 15 is 0 Å². The molecule has 0 aromatic heterocycles. The SMILES string of the molecule is CCC(C(=O)NC(C)C)N(Cc1ccc(F)cc1)C(=O)CSc1ccc(Cl)cc1. The van der Waals surface area contributed by atoms with Crippen molar-refractivity contribution in [3.05, 3.63) is 64.9 Å². The van der Waals surface area contributed by atoms with Crippen LogP contribution < -0.4 is 5.32 Å².